The highest BCUT2D eigenvalue weighted by Crippen LogP contribution is 2.09. The average molecular weight is 161 g/mol. The van der Waals surface area contributed by atoms with Crippen LogP contribution in [0.2, 0.25) is 0 Å². The molecule has 60 valence electrons. The maximum atomic E-state index is 4.04. The number of rotatable bonds is 1. The van der Waals surface area contributed by atoms with Crippen molar-refractivity contribution in [3.63, 3.8) is 0 Å². The van der Waals surface area contributed by atoms with Crippen molar-refractivity contribution in [3.8, 4) is 11.4 Å². The molecule has 0 atom stereocenters. The number of tetrazole rings is 1. The highest BCUT2D eigenvalue weighted by molar-refractivity contribution is 5.51. The molecule has 0 spiro atoms. The summed E-state index contributed by atoms with van der Waals surface area (Å²) in [5, 5.41) is 11.6. The van der Waals surface area contributed by atoms with E-state index in [2.05, 4.69) is 20.4 Å². The van der Waals surface area contributed by atoms with E-state index in [1.165, 1.54) is 4.80 Å². The van der Waals surface area contributed by atoms with E-state index in [-0.39, 0.29) is 0 Å². The largest absolute Gasteiger partial charge is 0.264 e. The SMILES string of the molecule is Cn1nnc(-c2cccnc2)n1. The van der Waals surface area contributed by atoms with Crippen LogP contribution in [-0.2, 0) is 7.05 Å². The third kappa shape index (κ3) is 1.16. The Hall–Kier alpha value is -1.78. The molecule has 2 rings (SSSR count). The van der Waals surface area contributed by atoms with Gasteiger partial charge in [0, 0.05) is 18.0 Å². The molecular formula is C7H7N5. The van der Waals surface area contributed by atoms with Gasteiger partial charge in [-0.1, -0.05) is 0 Å². The van der Waals surface area contributed by atoms with Gasteiger partial charge >= 0.3 is 0 Å². The van der Waals surface area contributed by atoms with Crippen LogP contribution in [0.1, 0.15) is 0 Å². The zero-order valence-corrected chi connectivity index (χ0v) is 6.55. The summed E-state index contributed by atoms with van der Waals surface area (Å²) in [7, 11) is 1.73. The van der Waals surface area contributed by atoms with E-state index in [9.17, 15) is 0 Å². The van der Waals surface area contributed by atoms with Crippen molar-refractivity contribution < 1.29 is 0 Å². The van der Waals surface area contributed by atoms with E-state index in [0.717, 1.165) is 5.56 Å². The number of nitrogens with zero attached hydrogens (tertiary/aromatic N) is 5. The van der Waals surface area contributed by atoms with Crippen LogP contribution in [0, 0.1) is 0 Å². The van der Waals surface area contributed by atoms with E-state index >= 15 is 0 Å². The molecule has 0 saturated carbocycles. The Balaban J connectivity index is 2.45. The highest BCUT2D eigenvalue weighted by atomic mass is 15.6. The molecule has 0 N–H and O–H groups in total. The Morgan fingerprint density at radius 3 is 2.92 bits per heavy atom. The van der Waals surface area contributed by atoms with Crippen LogP contribution in [-0.4, -0.2) is 25.2 Å². The molecule has 2 aromatic rings. The summed E-state index contributed by atoms with van der Waals surface area (Å²) in [6.45, 7) is 0. The first kappa shape index (κ1) is 6.90. The van der Waals surface area contributed by atoms with Crippen LogP contribution < -0.4 is 0 Å². The van der Waals surface area contributed by atoms with Gasteiger partial charge in [0.05, 0.1) is 7.05 Å². The van der Waals surface area contributed by atoms with Gasteiger partial charge in [0.25, 0.3) is 0 Å². The van der Waals surface area contributed by atoms with E-state index in [1.807, 2.05) is 12.1 Å². The van der Waals surface area contributed by atoms with Gasteiger partial charge in [-0.05, 0) is 17.3 Å². The average Bonchev–Trinajstić information content (AvgIpc) is 2.54. The molecular weight excluding hydrogens is 154 g/mol. The maximum Gasteiger partial charge on any atom is 0.206 e. The summed E-state index contributed by atoms with van der Waals surface area (Å²) >= 11 is 0. The van der Waals surface area contributed by atoms with Gasteiger partial charge in [-0.25, -0.2) is 0 Å². The lowest BCUT2D eigenvalue weighted by Crippen LogP contribution is -1.91. The fraction of sp³-hybridized carbons (Fsp3) is 0.143. The van der Waals surface area contributed by atoms with Crippen molar-refractivity contribution in [2.24, 2.45) is 7.05 Å². The molecule has 0 aliphatic carbocycles. The minimum Gasteiger partial charge on any atom is -0.264 e. The fourth-order valence-corrected chi connectivity index (χ4v) is 0.895. The lowest BCUT2D eigenvalue weighted by Gasteiger charge is -1.89. The van der Waals surface area contributed by atoms with Gasteiger partial charge < -0.3 is 0 Å². The molecule has 0 aliphatic rings. The zero-order valence-electron chi connectivity index (χ0n) is 6.55. The molecule has 2 heterocycles. The van der Waals surface area contributed by atoms with E-state index < -0.39 is 0 Å². The third-order valence-electron chi connectivity index (χ3n) is 1.43. The molecule has 0 unspecified atom stereocenters. The van der Waals surface area contributed by atoms with Crippen LogP contribution in [0.4, 0.5) is 0 Å². The van der Waals surface area contributed by atoms with Crippen molar-refractivity contribution in [1.82, 2.24) is 25.2 Å². The molecule has 0 aromatic carbocycles. The van der Waals surface area contributed by atoms with Crippen LogP contribution in [0.25, 0.3) is 11.4 Å². The first-order valence-corrected chi connectivity index (χ1v) is 3.50. The number of aryl methyl sites for hydroxylation is 1. The van der Waals surface area contributed by atoms with Crippen LogP contribution in [0.3, 0.4) is 0 Å². The Morgan fingerprint density at radius 1 is 1.42 bits per heavy atom. The van der Waals surface area contributed by atoms with Gasteiger partial charge in [0.2, 0.25) is 5.82 Å². The van der Waals surface area contributed by atoms with Crippen molar-refractivity contribution in [1.29, 1.82) is 0 Å². The molecule has 0 aliphatic heterocycles. The summed E-state index contributed by atoms with van der Waals surface area (Å²) in [6, 6.07) is 3.73. The van der Waals surface area contributed by atoms with Gasteiger partial charge in [-0.3, -0.25) is 4.98 Å². The molecule has 0 fully saturated rings. The lowest BCUT2D eigenvalue weighted by molar-refractivity contribution is 0.630. The summed E-state index contributed by atoms with van der Waals surface area (Å²) in [6.07, 6.45) is 3.41. The lowest BCUT2D eigenvalue weighted by atomic mass is 10.3. The van der Waals surface area contributed by atoms with Crippen molar-refractivity contribution in [3.05, 3.63) is 24.5 Å². The second-order valence-corrected chi connectivity index (χ2v) is 2.34. The normalized spacial score (nSPS) is 10.1. The van der Waals surface area contributed by atoms with Gasteiger partial charge in [0.15, 0.2) is 0 Å². The second-order valence-electron chi connectivity index (χ2n) is 2.34. The quantitative estimate of drug-likeness (QED) is 0.602. The third-order valence-corrected chi connectivity index (χ3v) is 1.43. The molecule has 2 aromatic heterocycles. The molecule has 0 bridgehead atoms. The first-order chi connectivity index (χ1) is 5.86. The van der Waals surface area contributed by atoms with Gasteiger partial charge in [-0.15, -0.1) is 10.2 Å². The molecule has 5 heteroatoms. The standard InChI is InChI=1S/C7H7N5/c1-12-10-7(9-11-12)6-3-2-4-8-5-6/h2-5H,1H3. The minimum atomic E-state index is 0.602. The van der Waals surface area contributed by atoms with Crippen molar-refractivity contribution in [2.75, 3.05) is 0 Å². The predicted octanol–water partition coefficient (Wildman–Crippen LogP) is 0.272. The predicted molar refractivity (Wildman–Crippen MR) is 42.0 cm³/mol. The molecule has 5 nitrogen and oxygen atoms in total. The number of hydrogen-bond donors (Lipinski definition) is 0. The highest BCUT2D eigenvalue weighted by Gasteiger charge is 2.01. The summed E-state index contributed by atoms with van der Waals surface area (Å²) in [4.78, 5) is 5.37. The van der Waals surface area contributed by atoms with Crippen molar-refractivity contribution in [2.45, 2.75) is 0 Å². The van der Waals surface area contributed by atoms with Crippen LogP contribution in [0.15, 0.2) is 24.5 Å². The van der Waals surface area contributed by atoms with E-state index in [1.54, 1.807) is 19.4 Å². The zero-order chi connectivity index (χ0) is 8.39. The first-order valence-electron chi connectivity index (χ1n) is 3.50. The number of aromatic nitrogens is 5. The van der Waals surface area contributed by atoms with Crippen LogP contribution >= 0.6 is 0 Å². The second kappa shape index (κ2) is 2.69. The summed E-state index contributed by atoms with van der Waals surface area (Å²) in [5.41, 5.74) is 0.880. The summed E-state index contributed by atoms with van der Waals surface area (Å²) < 4.78 is 0. The van der Waals surface area contributed by atoms with E-state index in [4.69, 9.17) is 0 Å². The molecule has 0 radical (unpaired) electrons. The van der Waals surface area contributed by atoms with Crippen LogP contribution in [0.5, 0.6) is 0 Å². The van der Waals surface area contributed by atoms with Gasteiger partial charge in [-0.2, -0.15) is 4.80 Å². The Morgan fingerprint density at radius 2 is 2.33 bits per heavy atom. The smallest absolute Gasteiger partial charge is 0.206 e. The Bertz CT molecular complexity index is 366. The Labute approximate surface area is 69.1 Å². The summed E-state index contributed by atoms with van der Waals surface area (Å²) in [5.74, 6) is 0.602. The number of hydrogen-bond acceptors (Lipinski definition) is 4. The monoisotopic (exact) mass is 161 g/mol. The fourth-order valence-electron chi connectivity index (χ4n) is 0.895. The maximum absolute atomic E-state index is 4.04. The topological polar surface area (TPSA) is 56.5 Å². The molecule has 0 saturated heterocycles. The van der Waals surface area contributed by atoms with Crippen molar-refractivity contribution >= 4 is 0 Å². The van der Waals surface area contributed by atoms with E-state index in [0.29, 0.717) is 5.82 Å². The van der Waals surface area contributed by atoms with Gasteiger partial charge in [0.1, 0.15) is 0 Å². The molecule has 0 amide bonds. The number of pyridine rings is 1. The Kier molecular flexibility index (Phi) is 1.55. The molecule has 12 heavy (non-hydrogen) atoms. The minimum absolute atomic E-state index is 0.602.